The summed E-state index contributed by atoms with van der Waals surface area (Å²) in [6, 6.07) is 24.6. The lowest BCUT2D eigenvalue weighted by molar-refractivity contribution is -0.157. The maximum atomic E-state index is 13.1. The summed E-state index contributed by atoms with van der Waals surface area (Å²) in [5.41, 5.74) is 0. The summed E-state index contributed by atoms with van der Waals surface area (Å²) >= 11 is 0. The second-order valence-electron chi connectivity index (χ2n) is 8.45. The first-order valence-electron chi connectivity index (χ1n) is 12.8. The molecule has 11 heteroatoms. The molecule has 11 nitrogen and oxygen atoms in total. The number of hydrogen-bond donors (Lipinski definition) is 4. The third-order valence-corrected chi connectivity index (χ3v) is 5.37. The Balaban J connectivity index is 1.54. The van der Waals surface area contributed by atoms with Crippen molar-refractivity contribution in [3.8, 4) is 17.2 Å². The van der Waals surface area contributed by atoms with Gasteiger partial charge in [-0.25, -0.2) is 14.9 Å². The predicted octanol–water partition coefficient (Wildman–Crippen LogP) is 3.94. The molecule has 212 valence electrons. The summed E-state index contributed by atoms with van der Waals surface area (Å²) in [5.74, 6) is 0.375. The van der Waals surface area contributed by atoms with Gasteiger partial charge in [0.2, 0.25) is 0 Å². The molecule has 0 aromatic heterocycles. The zero-order valence-corrected chi connectivity index (χ0v) is 22.0. The fourth-order valence-corrected chi connectivity index (χ4v) is 3.43. The van der Waals surface area contributed by atoms with E-state index >= 15 is 0 Å². The van der Waals surface area contributed by atoms with E-state index in [1.807, 2.05) is 0 Å². The molecule has 4 N–H and O–H groups in total. The molecule has 0 bridgehead atoms. The van der Waals surface area contributed by atoms with Crippen molar-refractivity contribution < 1.29 is 38.4 Å². The molecule has 0 aliphatic heterocycles. The van der Waals surface area contributed by atoms with Gasteiger partial charge in [0.15, 0.2) is 6.23 Å². The van der Waals surface area contributed by atoms with Gasteiger partial charge in [0.25, 0.3) is 6.41 Å². The molecular formula is C29H33N3O8. The van der Waals surface area contributed by atoms with Crippen LogP contribution >= 0.6 is 0 Å². The van der Waals surface area contributed by atoms with Crippen LogP contribution < -0.4 is 30.2 Å². The molecule has 3 atom stereocenters. The van der Waals surface area contributed by atoms with E-state index in [9.17, 15) is 19.5 Å². The van der Waals surface area contributed by atoms with Crippen LogP contribution in [0.15, 0.2) is 91.0 Å². The van der Waals surface area contributed by atoms with Crippen LogP contribution in [0.25, 0.3) is 0 Å². The Morgan fingerprint density at radius 1 is 0.775 bits per heavy atom. The average molecular weight is 552 g/mol. The average Bonchev–Trinajstić information content (AvgIpc) is 2.95. The summed E-state index contributed by atoms with van der Waals surface area (Å²) in [4.78, 5) is 37.4. The lowest BCUT2D eigenvalue weighted by Crippen LogP contribution is -2.49. The van der Waals surface area contributed by atoms with Gasteiger partial charge in [-0.3, -0.25) is 10.1 Å². The van der Waals surface area contributed by atoms with Gasteiger partial charge < -0.3 is 29.4 Å². The van der Waals surface area contributed by atoms with Gasteiger partial charge in [0.1, 0.15) is 23.3 Å². The number of nitrogens with one attached hydrogen (secondary N) is 3. The van der Waals surface area contributed by atoms with Crippen molar-refractivity contribution in [1.29, 1.82) is 0 Å². The van der Waals surface area contributed by atoms with Gasteiger partial charge in [-0.05, 0) is 49.2 Å². The second-order valence-corrected chi connectivity index (χ2v) is 8.45. The molecule has 3 aromatic rings. The van der Waals surface area contributed by atoms with Gasteiger partial charge in [-0.15, -0.1) is 0 Å². The summed E-state index contributed by atoms with van der Waals surface area (Å²) in [6.07, 6.45) is -3.20. The number of hydrogen-bond acceptors (Lipinski definition) is 9. The number of para-hydroxylation sites is 3. The number of carbonyl (C=O) groups is 3. The third kappa shape index (κ3) is 11.0. The highest BCUT2D eigenvalue weighted by Crippen LogP contribution is 2.12. The maximum Gasteiger partial charge on any atom is 0.415 e. The fourth-order valence-electron chi connectivity index (χ4n) is 3.43. The molecule has 0 aliphatic carbocycles. The number of amides is 2. The van der Waals surface area contributed by atoms with Gasteiger partial charge in [-0.1, -0.05) is 61.5 Å². The van der Waals surface area contributed by atoms with Crippen LogP contribution in [-0.4, -0.2) is 48.5 Å². The lowest BCUT2D eigenvalue weighted by Gasteiger charge is -2.24. The molecule has 40 heavy (non-hydrogen) atoms. The van der Waals surface area contributed by atoms with E-state index in [-0.39, 0.29) is 19.4 Å². The minimum absolute atomic E-state index is 0.157. The molecule has 3 rings (SSSR count). The van der Waals surface area contributed by atoms with Crippen LogP contribution in [0, 0.1) is 0 Å². The Morgan fingerprint density at radius 2 is 1.30 bits per heavy atom. The smallest absolute Gasteiger partial charge is 0.415 e. The number of benzene rings is 3. The van der Waals surface area contributed by atoms with Crippen LogP contribution in [0.2, 0.25) is 0 Å². The number of ether oxygens (including phenoxy) is 4. The summed E-state index contributed by atoms with van der Waals surface area (Å²) in [5, 5.41) is 18.2. The number of rotatable bonds is 14. The molecular weight excluding hydrogens is 518 g/mol. The normalized spacial score (nSPS) is 12.8. The van der Waals surface area contributed by atoms with Gasteiger partial charge in [0.05, 0.1) is 0 Å². The number of aliphatic hydroxyl groups is 1. The topological polar surface area (TPSA) is 144 Å². The second kappa shape index (κ2) is 16.4. The largest absolute Gasteiger partial charge is 0.451 e. The highest BCUT2D eigenvalue weighted by atomic mass is 16.6. The standard InChI is InChI=1S/C29H33N3O8/c1-2-25(32-29(36)39-23-17-10-5-11-18-23)40-26(33)24(31-28(35)38-22-15-8-4-9-16-22)19-12-20-30-27(34)37-21-13-6-3-7-14-21/h3-11,13-18,24-25,28,31,35H,2,12,19-20H2,1H3,(H,30,34)(H,32,36). The zero-order chi connectivity index (χ0) is 28.6. The molecule has 0 saturated carbocycles. The van der Waals surface area contributed by atoms with Crippen LogP contribution in [0.1, 0.15) is 26.2 Å². The summed E-state index contributed by atoms with van der Waals surface area (Å²) in [6.45, 7) is 1.91. The predicted molar refractivity (Wildman–Crippen MR) is 145 cm³/mol. The number of aliphatic hydroxyl groups excluding tert-OH is 1. The Hall–Kier alpha value is -4.61. The summed E-state index contributed by atoms with van der Waals surface area (Å²) < 4.78 is 21.3. The highest BCUT2D eigenvalue weighted by molar-refractivity contribution is 5.77. The Bertz CT molecular complexity index is 1180. The monoisotopic (exact) mass is 551 g/mol. The highest BCUT2D eigenvalue weighted by Gasteiger charge is 2.26. The Labute approximate surface area is 232 Å². The first-order chi connectivity index (χ1) is 19.4. The van der Waals surface area contributed by atoms with E-state index in [1.165, 1.54) is 0 Å². The molecule has 3 aromatic carbocycles. The van der Waals surface area contributed by atoms with Crippen LogP contribution in [0.4, 0.5) is 9.59 Å². The molecule has 3 unspecified atom stereocenters. The minimum atomic E-state index is -1.54. The van der Waals surface area contributed by atoms with E-state index in [2.05, 4.69) is 16.0 Å². The Kier molecular flexibility index (Phi) is 12.3. The van der Waals surface area contributed by atoms with Crippen LogP contribution in [-0.2, 0) is 9.53 Å². The van der Waals surface area contributed by atoms with Crippen molar-refractivity contribution >= 4 is 18.2 Å². The van der Waals surface area contributed by atoms with Crippen LogP contribution in [0.5, 0.6) is 17.2 Å². The fraction of sp³-hybridized carbons (Fsp3) is 0.276. The molecule has 0 fully saturated rings. The van der Waals surface area contributed by atoms with Gasteiger partial charge in [0, 0.05) is 13.0 Å². The first-order valence-corrected chi connectivity index (χ1v) is 12.8. The molecule has 0 saturated heterocycles. The molecule has 0 radical (unpaired) electrons. The van der Waals surface area contributed by atoms with E-state index in [1.54, 1.807) is 97.9 Å². The van der Waals surface area contributed by atoms with Crippen molar-refractivity contribution in [2.45, 2.75) is 44.9 Å². The van der Waals surface area contributed by atoms with Crippen molar-refractivity contribution in [2.24, 2.45) is 0 Å². The van der Waals surface area contributed by atoms with Gasteiger partial charge >= 0.3 is 18.2 Å². The Morgan fingerprint density at radius 3 is 1.85 bits per heavy atom. The van der Waals surface area contributed by atoms with E-state index < -0.39 is 36.8 Å². The van der Waals surface area contributed by atoms with Crippen molar-refractivity contribution in [3.63, 3.8) is 0 Å². The molecule has 0 heterocycles. The zero-order valence-electron chi connectivity index (χ0n) is 22.0. The van der Waals surface area contributed by atoms with E-state index in [4.69, 9.17) is 18.9 Å². The number of esters is 1. The lowest BCUT2D eigenvalue weighted by atomic mass is 10.1. The maximum absolute atomic E-state index is 13.1. The van der Waals surface area contributed by atoms with E-state index in [0.717, 1.165) is 0 Å². The SMILES string of the molecule is CCC(NC(=O)Oc1ccccc1)OC(=O)C(CCCNC(=O)Oc1ccccc1)NC(O)Oc1ccccc1. The quantitative estimate of drug-likeness (QED) is 0.133. The first kappa shape index (κ1) is 29.9. The number of carbonyl (C=O) groups excluding carboxylic acids is 3. The van der Waals surface area contributed by atoms with Crippen molar-refractivity contribution in [1.82, 2.24) is 16.0 Å². The summed E-state index contributed by atoms with van der Waals surface area (Å²) in [7, 11) is 0. The minimum Gasteiger partial charge on any atom is -0.451 e. The van der Waals surface area contributed by atoms with Crippen molar-refractivity contribution in [3.05, 3.63) is 91.0 Å². The third-order valence-electron chi connectivity index (χ3n) is 5.37. The van der Waals surface area contributed by atoms with Gasteiger partial charge in [-0.2, -0.15) is 0 Å². The molecule has 2 amide bonds. The molecule has 0 spiro atoms. The van der Waals surface area contributed by atoms with Crippen LogP contribution in [0.3, 0.4) is 0 Å². The molecule has 0 aliphatic rings. The van der Waals surface area contributed by atoms with Crippen molar-refractivity contribution in [2.75, 3.05) is 6.54 Å². The van der Waals surface area contributed by atoms with E-state index in [0.29, 0.717) is 23.7 Å².